The van der Waals surface area contributed by atoms with Crippen LogP contribution in [-0.2, 0) is 16.0 Å². The topological polar surface area (TPSA) is 58.6 Å². The fourth-order valence-electron chi connectivity index (χ4n) is 4.26. The van der Waals surface area contributed by atoms with Crippen LogP contribution in [0, 0.1) is 0 Å². The van der Waals surface area contributed by atoms with Crippen molar-refractivity contribution in [1.29, 1.82) is 0 Å². The second-order valence-electron chi connectivity index (χ2n) is 7.98. The predicted molar refractivity (Wildman–Crippen MR) is 112 cm³/mol. The maximum absolute atomic E-state index is 13.1. The first-order chi connectivity index (χ1) is 14.0. The van der Waals surface area contributed by atoms with Crippen molar-refractivity contribution < 1.29 is 14.3 Å². The Balaban J connectivity index is 1.50. The van der Waals surface area contributed by atoms with Crippen molar-refractivity contribution in [2.45, 2.75) is 37.8 Å². The van der Waals surface area contributed by atoms with Crippen molar-refractivity contribution in [1.82, 2.24) is 10.2 Å². The first-order valence-corrected chi connectivity index (χ1v) is 10.4. The van der Waals surface area contributed by atoms with Crippen LogP contribution in [0.3, 0.4) is 0 Å². The number of esters is 1. The van der Waals surface area contributed by atoms with Crippen LogP contribution in [0.2, 0.25) is 5.02 Å². The molecule has 0 radical (unpaired) electrons. The van der Waals surface area contributed by atoms with Gasteiger partial charge < -0.3 is 10.1 Å². The zero-order chi connectivity index (χ0) is 20.4. The van der Waals surface area contributed by atoms with Crippen molar-refractivity contribution in [3.8, 4) is 0 Å². The largest absolute Gasteiger partial charge is 0.445 e. The predicted octanol–water partition coefficient (Wildman–Crippen LogP) is 3.76. The molecule has 1 N–H and O–H groups in total. The number of fused-ring (bicyclic) bond motifs is 1. The van der Waals surface area contributed by atoms with Gasteiger partial charge in [0, 0.05) is 18.0 Å². The van der Waals surface area contributed by atoms with Gasteiger partial charge in [-0.25, -0.2) is 4.79 Å². The molecule has 2 heterocycles. The molecule has 2 atom stereocenters. The van der Waals surface area contributed by atoms with E-state index in [2.05, 4.69) is 10.2 Å². The zero-order valence-corrected chi connectivity index (χ0v) is 17.2. The molecule has 2 aromatic carbocycles. The van der Waals surface area contributed by atoms with Crippen molar-refractivity contribution >= 4 is 23.5 Å². The molecule has 0 aromatic heterocycles. The van der Waals surface area contributed by atoms with Gasteiger partial charge in [-0.05, 0) is 62.2 Å². The molecule has 6 heteroatoms. The van der Waals surface area contributed by atoms with Crippen molar-refractivity contribution in [2.24, 2.45) is 0 Å². The third-order valence-electron chi connectivity index (χ3n) is 5.83. The summed E-state index contributed by atoms with van der Waals surface area (Å²) in [4.78, 5) is 27.8. The Morgan fingerprint density at radius 3 is 2.72 bits per heavy atom. The summed E-state index contributed by atoms with van der Waals surface area (Å²) < 4.78 is 5.56. The number of likely N-dealkylation sites (tertiary alicyclic amines) is 1. The number of hydrogen-bond donors (Lipinski definition) is 1. The highest BCUT2D eigenvalue weighted by molar-refractivity contribution is 6.30. The summed E-state index contributed by atoms with van der Waals surface area (Å²) in [7, 11) is 0. The van der Waals surface area contributed by atoms with E-state index in [0.717, 1.165) is 37.1 Å². The smallest absolute Gasteiger partial charge is 0.339 e. The molecule has 0 spiro atoms. The van der Waals surface area contributed by atoms with E-state index >= 15 is 0 Å². The van der Waals surface area contributed by atoms with Gasteiger partial charge in [0.25, 0.3) is 5.91 Å². The highest BCUT2D eigenvalue weighted by Crippen LogP contribution is 2.30. The summed E-state index contributed by atoms with van der Waals surface area (Å²) in [6, 6.07) is 15.1. The van der Waals surface area contributed by atoms with Gasteiger partial charge >= 0.3 is 5.97 Å². The van der Waals surface area contributed by atoms with Crippen LogP contribution in [0.25, 0.3) is 0 Å². The van der Waals surface area contributed by atoms with E-state index in [1.54, 1.807) is 19.1 Å². The van der Waals surface area contributed by atoms with Crippen LogP contribution < -0.4 is 5.32 Å². The number of halogens is 1. The number of nitrogens with zero attached hydrogens (tertiary/aromatic N) is 1. The summed E-state index contributed by atoms with van der Waals surface area (Å²) in [5.74, 6) is -0.720. The van der Waals surface area contributed by atoms with Gasteiger partial charge in [-0.1, -0.05) is 41.9 Å². The van der Waals surface area contributed by atoms with E-state index in [4.69, 9.17) is 16.3 Å². The lowest BCUT2D eigenvalue weighted by Crippen LogP contribution is -2.53. The van der Waals surface area contributed by atoms with E-state index in [-0.39, 0.29) is 11.9 Å². The van der Waals surface area contributed by atoms with E-state index in [1.165, 1.54) is 0 Å². The van der Waals surface area contributed by atoms with Gasteiger partial charge in [0.05, 0.1) is 11.6 Å². The van der Waals surface area contributed by atoms with Crippen LogP contribution in [0.4, 0.5) is 0 Å². The maximum atomic E-state index is 13.1. The Kier molecular flexibility index (Phi) is 5.61. The summed E-state index contributed by atoms with van der Waals surface area (Å²) in [6.45, 7) is 4.10. The molecule has 152 valence electrons. The summed E-state index contributed by atoms with van der Waals surface area (Å²) in [5.41, 5.74) is 1.24. The van der Waals surface area contributed by atoms with Crippen molar-refractivity contribution in [3.05, 3.63) is 70.2 Å². The number of rotatable bonds is 5. The molecule has 29 heavy (non-hydrogen) atoms. The SMILES string of the molecule is CC1(C(=O)NCC(c2cccc(Cl)c2)N2CCCC2)Cc2ccccc2C(=O)O1. The molecular formula is C23H25ClN2O3. The molecular weight excluding hydrogens is 388 g/mol. The average Bonchev–Trinajstić information content (AvgIpc) is 3.22. The van der Waals surface area contributed by atoms with E-state index in [1.807, 2.05) is 36.4 Å². The molecule has 0 aliphatic carbocycles. The van der Waals surface area contributed by atoms with Gasteiger partial charge in [0.15, 0.2) is 5.60 Å². The molecule has 5 nitrogen and oxygen atoms in total. The number of nitrogens with one attached hydrogen (secondary N) is 1. The lowest BCUT2D eigenvalue weighted by atomic mass is 9.89. The lowest BCUT2D eigenvalue weighted by Gasteiger charge is -2.34. The molecule has 2 aliphatic rings. The first kappa shape index (κ1) is 19.9. The van der Waals surface area contributed by atoms with Crippen molar-refractivity contribution in [3.63, 3.8) is 0 Å². The Labute approximate surface area is 176 Å². The second kappa shape index (κ2) is 8.17. The third-order valence-corrected chi connectivity index (χ3v) is 6.07. The van der Waals surface area contributed by atoms with Gasteiger partial charge in [-0.15, -0.1) is 0 Å². The lowest BCUT2D eigenvalue weighted by molar-refractivity contribution is -0.140. The van der Waals surface area contributed by atoms with Crippen LogP contribution in [0.5, 0.6) is 0 Å². The zero-order valence-electron chi connectivity index (χ0n) is 16.5. The van der Waals surface area contributed by atoms with Gasteiger partial charge in [0.2, 0.25) is 0 Å². The Bertz CT molecular complexity index is 926. The number of hydrogen-bond acceptors (Lipinski definition) is 4. The molecule has 1 fully saturated rings. The fourth-order valence-corrected chi connectivity index (χ4v) is 4.46. The molecule has 0 bridgehead atoms. The maximum Gasteiger partial charge on any atom is 0.339 e. The monoisotopic (exact) mass is 412 g/mol. The molecule has 1 saturated heterocycles. The van der Waals surface area contributed by atoms with E-state index in [0.29, 0.717) is 23.6 Å². The number of carbonyl (C=O) groups excluding carboxylic acids is 2. The molecule has 0 saturated carbocycles. The third kappa shape index (κ3) is 4.16. The summed E-state index contributed by atoms with van der Waals surface area (Å²) in [5, 5.41) is 3.72. The van der Waals surface area contributed by atoms with Gasteiger partial charge in [-0.3, -0.25) is 9.69 Å². The van der Waals surface area contributed by atoms with Crippen LogP contribution in [-0.4, -0.2) is 42.0 Å². The molecule has 2 aliphatic heterocycles. The Morgan fingerprint density at radius 1 is 1.21 bits per heavy atom. The minimum Gasteiger partial charge on any atom is -0.445 e. The Morgan fingerprint density at radius 2 is 1.97 bits per heavy atom. The number of benzene rings is 2. The molecule has 2 unspecified atom stereocenters. The summed E-state index contributed by atoms with van der Waals surface area (Å²) >= 11 is 6.20. The molecule has 2 aromatic rings. The first-order valence-electron chi connectivity index (χ1n) is 10.1. The van der Waals surface area contributed by atoms with E-state index in [9.17, 15) is 9.59 Å². The fraction of sp³-hybridized carbons (Fsp3) is 0.391. The average molecular weight is 413 g/mol. The van der Waals surface area contributed by atoms with Crippen molar-refractivity contribution in [2.75, 3.05) is 19.6 Å². The van der Waals surface area contributed by atoms with Crippen LogP contribution >= 0.6 is 11.6 Å². The number of ether oxygens (including phenoxy) is 1. The molecule has 1 amide bonds. The Hall–Kier alpha value is -2.37. The normalized spacial score (nSPS) is 22.6. The second-order valence-corrected chi connectivity index (χ2v) is 8.41. The van der Waals surface area contributed by atoms with Crippen LogP contribution in [0.15, 0.2) is 48.5 Å². The highest BCUT2D eigenvalue weighted by atomic mass is 35.5. The standard InChI is InChI=1S/C23H25ClN2O3/c1-23(14-17-7-2-3-10-19(17)21(27)29-23)22(28)25-15-20(26-11-4-5-12-26)16-8-6-9-18(24)13-16/h2-3,6-10,13,20H,4-5,11-12,14-15H2,1H3,(H,25,28). The molecule has 4 rings (SSSR count). The van der Waals surface area contributed by atoms with E-state index < -0.39 is 11.6 Å². The summed E-state index contributed by atoms with van der Waals surface area (Å²) in [6.07, 6.45) is 2.67. The quantitative estimate of drug-likeness (QED) is 0.759. The van der Waals surface area contributed by atoms with Crippen LogP contribution in [0.1, 0.15) is 47.3 Å². The number of carbonyl (C=O) groups is 2. The number of amides is 1. The minimum atomic E-state index is -1.21. The minimum absolute atomic E-state index is 0.0373. The number of cyclic esters (lactones) is 1. The van der Waals surface area contributed by atoms with Gasteiger partial charge in [0.1, 0.15) is 0 Å². The van der Waals surface area contributed by atoms with Gasteiger partial charge in [-0.2, -0.15) is 0 Å². The highest BCUT2D eigenvalue weighted by Gasteiger charge is 2.42.